The van der Waals surface area contributed by atoms with E-state index in [9.17, 15) is 9.59 Å². The first-order valence-corrected chi connectivity index (χ1v) is 9.86. The van der Waals surface area contributed by atoms with E-state index in [1.54, 1.807) is 44.0 Å². The average Bonchev–Trinajstić information content (AvgIpc) is 3.28. The van der Waals surface area contributed by atoms with E-state index in [2.05, 4.69) is 10.3 Å². The molecule has 0 atom stereocenters. The summed E-state index contributed by atoms with van der Waals surface area (Å²) >= 11 is 1.28. The van der Waals surface area contributed by atoms with E-state index in [0.29, 0.717) is 28.7 Å². The van der Waals surface area contributed by atoms with Gasteiger partial charge in [-0.15, -0.1) is 11.3 Å². The topological polar surface area (TPSA) is 91.7 Å². The molecule has 3 rings (SSSR count). The van der Waals surface area contributed by atoms with Crippen LogP contribution in [0.5, 0.6) is 11.5 Å². The SMILES string of the molecule is CCCc1sc(NC(=O)c2cc3c(OC)ccc(OC)c3n2C)nc1C(=O)OC. The maximum Gasteiger partial charge on any atom is 0.357 e. The Kier molecular flexibility index (Phi) is 6.07. The number of nitrogens with one attached hydrogen (secondary N) is 1. The second kappa shape index (κ2) is 8.52. The molecule has 3 aromatic rings. The van der Waals surface area contributed by atoms with Gasteiger partial charge in [-0.3, -0.25) is 10.1 Å². The Bertz CT molecular complexity index is 1070. The number of carbonyl (C=O) groups is 2. The molecule has 2 aromatic heterocycles. The third-order valence-electron chi connectivity index (χ3n) is 4.56. The number of hydrogen-bond donors (Lipinski definition) is 1. The molecule has 8 nitrogen and oxygen atoms in total. The summed E-state index contributed by atoms with van der Waals surface area (Å²) in [5.41, 5.74) is 1.41. The van der Waals surface area contributed by atoms with Crippen LogP contribution in [0.4, 0.5) is 5.13 Å². The lowest BCUT2D eigenvalue weighted by Crippen LogP contribution is -2.15. The number of anilines is 1. The maximum atomic E-state index is 13.0. The Morgan fingerprint density at radius 3 is 2.48 bits per heavy atom. The number of rotatable bonds is 7. The van der Waals surface area contributed by atoms with Crippen LogP contribution >= 0.6 is 11.3 Å². The number of nitrogens with zero attached hydrogens (tertiary/aromatic N) is 2. The molecular weight excluding hydrogens is 394 g/mol. The smallest absolute Gasteiger partial charge is 0.357 e. The molecule has 0 saturated carbocycles. The van der Waals surface area contributed by atoms with Crippen molar-refractivity contribution in [2.45, 2.75) is 19.8 Å². The van der Waals surface area contributed by atoms with Gasteiger partial charge in [-0.25, -0.2) is 9.78 Å². The minimum Gasteiger partial charge on any atom is -0.496 e. The minimum absolute atomic E-state index is 0.245. The number of carbonyl (C=O) groups excluding carboxylic acids is 2. The zero-order valence-electron chi connectivity index (χ0n) is 17.0. The molecule has 154 valence electrons. The summed E-state index contributed by atoms with van der Waals surface area (Å²) in [6, 6.07) is 5.33. The van der Waals surface area contributed by atoms with E-state index in [0.717, 1.165) is 22.2 Å². The Morgan fingerprint density at radius 2 is 1.86 bits per heavy atom. The summed E-state index contributed by atoms with van der Waals surface area (Å²) in [7, 11) is 6.25. The van der Waals surface area contributed by atoms with Crippen LogP contribution < -0.4 is 14.8 Å². The zero-order chi connectivity index (χ0) is 21.1. The number of hydrogen-bond acceptors (Lipinski definition) is 7. The normalized spacial score (nSPS) is 10.8. The van der Waals surface area contributed by atoms with Crippen molar-refractivity contribution in [1.82, 2.24) is 9.55 Å². The lowest BCUT2D eigenvalue weighted by atomic mass is 10.2. The van der Waals surface area contributed by atoms with Crippen molar-refractivity contribution in [2.24, 2.45) is 7.05 Å². The average molecular weight is 417 g/mol. The van der Waals surface area contributed by atoms with Crippen LogP contribution in [0.15, 0.2) is 18.2 Å². The van der Waals surface area contributed by atoms with E-state index in [1.807, 2.05) is 6.92 Å². The molecule has 0 unspecified atom stereocenters. The molecule has 9 heteroatoms. The van der Waals surface area contributed by atoms with Gasteiger partial charge in [0.1, 0.15) is 17.2 Å². The van der Waals surface area contributed by atoms with Gasteiger partial charge in [0, 0.05) is 17.3 Å². The molecule has 0 saturated heterocycles. The van der Waals surface area contributed by atoms with E-state index in [1.165, 1.54) is 18.4 Å². The molecule has 0 bridgehead atoms. The molecule has 0 fully saturated rings. The van der Waals surface area contributed by atoms with Crippen LogP contribution in [-0.4, -0.2) is 42.8 Å². The van der Waals surface area contributed by atoms with Crippen molar-refractivity contribution in [3.8, 4) is 11.5 Å². The van der Waals surface area contributed by atoms with Crippen molar-refractivity contribution in [3.05, 3.63) is 34.5 Å². The van der Waals surface area contributed by atoms with E-state index in [-0.39, 0.29) is 11.6 Å². The van der Waals surface area contributed by atoms with Gasteiger partial charge in [-0.05, 0) is 24.6 Å². The van der Waals surface area contributed by atoms with Gasteiger partial charge in [0.25, 0.3) is 5.91 Å². The summed E-state index contributed by atoms with van der Waals surface area (Å²) in [6.07, 6.45) is 1.53. The van der Waals surface area contributed by atoms with E-state index < -0.39 is 5.97 Å². The summed E-state index contributed by atoms with van der Waals surface area (Å²) in [4.78, 5) is 30.0. The standard InChI is InChI=1S/C20H23N3O5S/c1-6-7-15-16(19(25)28-5)21-20(29-15)22-18(24)12-10-11-13(26-3)8-9-14(27-4)17(11)23(12)2/h8-10H,6-7H2,1-5H3,(H,21,22,24). The fourth-order valence-electron chi connectivity index (χ4n) is 3.19. The lowest BCUT2D eigenvalue weighted by molar-refractivity contribution is 0.0593. The molecule has 0 spiro atoms. The molecule has 0 aliphatic heterocycles. The highest BCUT2D eigenvalue weighted by Crippen LogP contribution is 2.35. The third kappa shape index (κ3) is 3.77. The van der Waals surface area contributed by atoms with Crippen molar-refractivity contribution in [2.75, 3.05) is 26.6 Å². The number of benzene rings is 1. The van der Waals surface area contributed by atoms with Crippen LogP contribution in [0.25, 0.3) is 10.9 Å². The lowest BCUT2D eigenvalue weighted by Gasteiger charge is -2.08. The second-order valence-corrected chi connectivity index (χ2v) is 7.39. The van der Waals surface area contributed by atoms with Gasteiger partial charge in [-0.2, -0.15) is 0 Å². The van der Waals surface area contributed by atoms with Gasteiger partial charge >= 0.3 is 5.97 Å². The van der Waals surface area contributed by atoms with Crippen molar-refractivity contribution < 1.29 is 23.8 Å². The number of fused-ring (bicyclic) bond motifs is 1. The number of aromatic nitrogens is 2. The molecule has 2 heterocycles. The Hall–Kier alpha value is -3.07. The van der Waals surface area contributed by atoms with E-state index in [4.69, 9.17) is 14.2 Å². The van der Waals surface area contributed by atoms with Crippen LogP contribution in [0.1, 0.15) is 39.2 Å². The van der Waals surface area contributed by atoms with Crippen molar-refractivity contribution in [3.63, 3.8) is 0 Å². The van der Waals surface area contributed by atoms with Gasteiger partial charge < -0.3 is 18.8 Å². The Labute approximate surface area is 172 Å². The first-order valence-electron chi connectivity index (χ1n) is 9.04. The molecule has 1 N–H and O–H groups in total. The highest BCUT2D eigenvalue weighted by atomic mass is 32.1. The predicted octanol–water partition coefficient (Wildman–Crippen LogP) is 3.64. The summed E-state index contributed by atoms with van der Waals surface area (Å²) in [6.45, 7) is 2.01. The first kappa shape index (κ1) is 20.7. The molecule has 0 radical (unpaired) electrons. The number of esters is 1. The number of thiazole rings is 1. The minimum atomic E-state index is -0.510. The van der Waals surface area contributed by atoms with Gasteiger partial charge in [0.15, 0.2) is 10.8 Å². The molecule has 0 aliphatic rings. The van der Waals surface area contributed by atoms with Crippen molar-refractivity contribution in [1.29, 1.82) is 0 Å². The highest BCUT2D eigenvalue weighted by molar-refractivity contribution is 7.16. The first-order chi connectivity index (χ1) is 13.9. The summed E-state index contributed by atoms with van der Waals surface area (Å²) < 4.78 is 17.4. The number of amides is 1. The Morgan fingerprint density at radius 1 is 1.17 bits per heavy atom. The number of methoxy groups -OCH3 is 3. The zero-order valence-corrected chi connectivity index (χ0v) is 17.8. The van der Waals surface area contributed by atoms with Crippen LogP contribution in [-0.2, 0) is 18.2 Å². The fraction of sp³-hybridized carbons (Fsp3) is 0.350. The molecule has 29 heavy (non-hydrogen) atoms. The molecule has 1 amide bonds. The number of aryl methyl sites for hydroxylation is 2. The monoisotopic (exact) mass is 417 g/mol. The largest absolute Gasteiger partial charge is 0.496 e. The summed E-state index contributed by atoms with van der Waals surface area (Å²) in [5.74, 6) is 0.419. The van der Waals surface area contributed by atoms with Crippen LogP contribution in [0.3, 0.4) is 0 Å². The van der Waals surface area contributed by atoms with E-state index >= 15 is 0 Å². The molecule has 0 aliphatic carbocycles. The summed E-state index contributed by atoms with van der Waals surface area (Å²) in [5, 5.41) is 3.91. The number of ether oxygens (including phenoxy) is 3. The van der Waals surface area contributed by atoms with Gasteiger partial charge in [0.05, 0.1) is 26.8 Å². The highest BCUT2D eigenvalue weighted by Gasteiger charge is 2.22. The predicted molar refractivity (Wildman–Crippen MR) is 111 cm³/mol. The van der Waals surface area contributed by atoms with Gasteiger partial charge in [0.2, 0.25) is 0 Å². The molecular formula is C20H23N3O5S. The van der Waals surface area contributed by atoms with Gasteiger partial charge in [-0.1, -0.05) is 13.3 Å². The van der Waals surface area contributed by atoms with Crippen LogP contribution in [0, 0.1) is 0 Å². The fourth-order valence-corrected chi connectivity index (χ4v) is 4.23. The van der Waals surface area contributed by atoms with Crippen LogP contribution in [0.2, 0.25) is 0 Å². The quantitative estimate of drug-likeness (QED) is 0.590. The Balaban J connectivity index is 1.98. The molecule has 1 aromatic carbocycles. The maximum absolute atomic E-state index is 13.0. The second-order valence-electron chi connectivity index (χ2n) is 6.31. The van der Waals surface area contributed by atoms with Crippen molar-refractivity contribution >= 4 is 39.2 Å². The third-order valence-corrected chi connectivity index (χ3v) is 5.59.